The highest BCUT2D eigenvalue weighted by atomic mass is 16.5. The Balaban J connectivity index is 1.88. The molecule has 0 unspecified atom stereocenters. The van der Waals surface area contributed by atoms with Crippen molar-refractivity contribution in [2.24, 2.45) is 0 Å². The summed E-state index contributed by atoms with van der Waals surface area (Å²) in [4.78, 5) is 30.7. The molecule has 282 valence electrons. The van der Waals surface area contributed by atoms with Gasteiger partial charge in [-0.05, 0) is 100 Å². The standard InChI is InChI=1S/C44H72N2O4/c1-5-9-13-21-33-45(31-19-11-7-3)35-23-29-43(47)49-37-39-25-15-17-27-41(39)42-28-18-16-26-40(42)38-50-44(48)30-24-36-46(32-20-12-8-4)34-22-14-10-6-2/h15-18,25-28H,5-14,19-24,29-38H2,1-4H3. The van der Waals surface area contributed by atoms with Crippen molar-refractivity contribution in [3.8, 4) is 11.1 Å². The molecule has 6 nitrogen and oxygen atoms in total. The number of carbonyl (C=O) groups is 2. The van der Waals surface area contributed by atoms with Crippen molar-refractivity contribution in [2.75, 3.05) is 39.3 Å². The van der Waals surface area contributed by atoms with Gasteiger partial charge in [-0.1, -0.05) is 140 Å². The van der Waals surface area contributed by atoms with Gasteiger partial charge >= 0.3 is 11.9 Å². The van der Waals surface area contributed by atoms with Crippen LogP contribution in [-0.2, 0) is 32.3 Å². The van der Waals surface area contributed by atoms with Crippen molar-refractivity contribution < 1.29 is 19.1 Å². The molecule has 2 rings (SSSR count). The van der Waals surface area contributed by atoms with Crippen LogP contribution in [0.2, 0.25) is 0 Å². The Bertz CT molecular complexity index is 1060. The predicted molar refractivity (Wildman–Crippen MR) is 210 cm³/mol. The van der Waals surface area contributed by atoms with Crippen LogP contribution < -0.4 is 0 Å². The zero-order chi connectivity index (χ0) is 36.1. The fourth-order valence-electron chi connectivity index (χ4n) is 6.54. The molecular formula is C44H72N2O4. The van der Waals surface area contributed by atoms with Crippen molar-refractivity contribution in [1.29, 1.82) is 0 Å². The van der Waals surface area contributed by atoms with Gasteiger partial charge in [-0.3, -0.25) is 9.59 Å². The molecule has 0 saturated carbocycles. The monoisotopic (exact) mass is 693 g/mol. The third-order valence-electron chi connectivity index (χ3n) is 9.62. The van der Waals surface area contributed by atoms with E-state index in [-0.39, 0.29) is 25.2 Å². The maximum Gasteiger partial charge on any atom is 0.306 e. The Kier molecular flexibility index (Phi) is 25.2. The molecule has 0 bridgehead atoms. The van der Waals surface area contributed by atoms with Gasteiger partial charge in [0.1, 0.15) is 13.2 Å². The van der Waals surface area contributed by atoms with E-state index in [1.165, 1.54) is 89.9 Å². The Labute approximate surface area is 306 Å². The van der Waals surface area contributed by atoms with E-state index in [2.05, 4.69) is 49.6 Å². The van der Waals surface area contributed by atoms with Gasteiger partial charge in [0.15, 0.2) is 0 Å². The first-order chi connectivity index (χ1) is 24.5. The number of rotatable bonds is 31. The smallest absolute Gasteiger partial charge is 0.306 e. The summed E-state index contributed by atoms with van der Waals surface area (Å²) in [6, 6.07) is 16.1. The van der Waals surface area contributed by atoms with Crippen molar-refractivity contribution >= 4 is 11.9 Å². The fourth-order valence-corrected chi connectivity index (χ4v) is 6.54. The minimum absolute atomic E-state index is 0.147. The first-order valence-corrected chi connectivity index (χ1v) is 20.4. The van der Waals surface area contributed by atoms with Gasteiger partial charge in [0.05, 0.1) is 0 Å². The molecule has 0 atom stereocenters. The highest BCUT2D eigenvalue weighted by Crippen LogP contribution is 2.28. The Morgan fingerprint density at radius 1 is 0.440 bits per heavy atom. The summed E-state index contributed by atoms with van der Waals surface area (Å²) >= 11 is 0. The summed E-state index contributed by atoms with van der Waals surface area (Å²) in [5.74, 6) is -0.294. The lowest BCUT2D eigenvalue weighted by molar-refractivity contribution is -0.146. The van der Waals surface area contributed by atoms with Crippen LogP contribution in [0.3, 0.4) is 0 Å². The van der Waals surface area contributed by atoms with Crippen LogP contribution in [0.1, 0.15) is 154 Å². The molecular weight excluding hydrogens is 620 g/mol. The molecule has 0 fully saturated rings. The Morgan fingerprint density at radius 2 is 0.760 bits per heavy atom. The van der Waals surface area contributed by atoms with Crippen LogP contribution in [0.15, 0.2) is 48.5 Å². The zero-order valence-electron chi connectivity index (χ0n) is 32.5. The largest absolute Gasteiger partial charge is 0.461 e. The van der Waals surface area contributed by atoms with Gasteiger partial charge < -0.3 is 19.3 Å². The Hall–Kier alpha value is -2.70. The number of ether oxygens (including phenoxy) is 2. The average molecular weight is 693 g/mol. The van der Waals surface area contributed by atoms with Crippen molar-refractivity contribution in [2.45, 2.75) is 156 Å². The second kappa shape index (κ2) is 28.9. The summed E-state index contributed by atoms with van der Waals surface area (Å²) in [7, 11) is 0. The molecule has 0 spiro atoms. The summed E-state index contributed by atoms with van der Waals surface area (Å²) in [5, 5.41) is 0. The maximum atomic E-state index is 12.8. The lowest BCUT2D eigenvalue weighted by atomic mass is 9.96. The van der Waals surface area contributed by atoms with Crippen LogP contribution in [0.5, 0.6) is 0 Å². The molecule has 0 aromatic heterocycles. The van der Waals surface area contributed by atoms with E-state index in [9.17, 15) is 9.59 Å². The molecule has 0 N–H and O–H groups in total. The van der Waals surface area contributed by atoms with Gasteiger partial charge in [0.25, 0.3) is 0 Å². The first-order valence-electron chi connectivity index (χ1n) is 20.4. The lowest BCUT2D eigenvalue weighted by Crippen LogP contribution is -2.28. The van der Waals surface area contributed by atoms with E-state index >= 15 is 0 Å². The molecule has 0 aliphatic heterocycles. The van der Waals surface area contributed by atoms with Crippen LogP contribution in [0.4, 0.5) is 0 Å². The maximum absolute atomic E-state index is 12.8. The molecule has 0 heterocycles. The zero-order valence-corrected chi connectivity index (χ0v) is 32.5. The molecule has 0 aliphatic carbocycles. The predicted octanol–water partition coefficient (Wildman–Crippen LogP) is 11.1. The topological polar surface area (TPSA) is 59.1 Å². The van der Waals surface area contributed by atoms with E-state index in [0.717, 1.165) is 74.4 Å². The highest BCUT2D eigenvalue weighted by Gasteiger charge is 2.14. The van der Waals surface area contributed by atoms with Gasteiger partial charge in [0.2, 0.25) is 0 Å². The second-order valence-corrected chi connectivity index (χ2v) is 14.1. The normalized spacial score (nSPS) is 11.4. The van der Waals surface area contributed by atoms with Crippen LogP contribution in [-0.4, -0.2) is 61.0 Å². The molecule has 6 heteroatoms. The number of nitrogens with zero attached hydrogens (tertiary/aromatic N) is 2. The number of carbonyl (C=O) groups excluding carboxylic acids is 2. The minimum atomic E-state index is -0.147. The van der Waals surface area contributed by atoms with Crippen LogP contribution >= 0.6 is 0 Å². The number of esters is 2. The van der Waals surface area contributed by atoms with E-state index in [4.69, 9.17) is 9.47 Å². The van der Waals surface area contributed by atoms with Crippen molar-refractivity contribution in [1.82, 2.24) is 9.80 Å². The highest BCUT2D eigenvalue weighted by molar-refractivity contribution is 5.73. The molecule has 2 aromatic rings. The molecule has 0 radical (unpaired) electrons. The summed E-state index contributed by atoms with van der Waals surface area (Å²) in [5.41, 5.74) is 3.93. The quantitative estimate of drug-likeness (QED) is 0.0579. The number of benzene rings is 2. The van der Waals surface area contributed by atoms with Gasteiger partial charge in [0, 0.05) is 12.8 Å². The van der Waals surface area contributed by atoms with Crippen molar-refractivity contribution in [3.05, 3.63) is 59.7 Å². The third-order valence-corrected chi connectivity index (χ3v) is 9.62. The lowest BCUT2D eigenvalue weighted by Gasteiger charge is -2.22. The third kappa shape index (κ3) is 19.6. The summed E-state index contributed by atoms with van der Waals surface area (Å²) < 4.78 is 11.6. The van der Waals surface area contributed by atoms with Gasteiger partial charge in [-0.15, -0.1) is 0 Å². The van der Waals surface area contributed by atoms with Crippen LogP contribution in [0, 0.1) is 0 Å². The molecule has 2 aromatic carbocycles. The summed E-state index contributed by atoms with van der Waals surface area (Å²) in [6.45, 7) is 15.8. The molecule has 0 saturated heterocycles. The fraction of sp³-hybridized carbons (Fsp3) is 0.682. The van der Waals surface area contributed by atoms with Crippen LogP contribution in [0.25, 0.3) is 11.1 Å². The van der Waals surface area contributed by atoms with Gasteiger partial charge in [-0.2, -0.15) is 0 Å². The molecule has 0 aliphatic rings. The van der Waals surface area contributed by atoms with E-state index < -0.39 is 0 Å². The van der Waals surface area contributed by atoms with E-state index in [1.807, 2.05) is 36.4 Å². The molecule has 50 heavy (non-hydrogen) atoms. The number of hydrogen-bond donors (Lipinski definition) is 0. The number of hydrogen-bond acceptors (Lipinski definition) is 6. The first kappa shape index (κ1) is 43.5. The Morgan fingerprint density at radius 3 is 1.14 bits per heavy atom. The van der Waals surface area contributed by atoms with E-state index in [1.54, 1.807) is 0 Å². The number of unbranched alkanes of at least 4 members (excludes halogenated alkanes) is 10. The minimum Gasteiger partial charge on any atom is -0.461 e. The summed E-state index contributed by atoms with van der Waals surface area (Å²) in [6.07, 6.45) is 20.1. The van der Waals surface area contributed by atoms with Gasteiger partial charge in [-0.25, -0.2) is 0 Å². The average Bonchev–Trinajstić information content (AvgIpc) is 3.13. The SMILES string of the molecule is CCCCCCN(CCCCC)CCCC(=O)OCc1ccccc1-c1ccccc1COC(=O)CCCN(CCCCC)CCCCCC. The van der Waals surface area contributed by atoms with Crippen molar-refractivity contribution in [3.63, 3.8) is 0 Å². The van der Waals surface area contributed by atoms with E-state index in [0.29, 0.717) is 12.8 Å². The second-order valence-electron chi connectivity index (χ2n) is 14.1. The molecule has 0 amide bonds.